The van der Waals surface area contributed by atoms with Crippen molar-refractivity contribution >= 4 is 26.0 Å². The topological polar surface area (TPSA) is 55.8 Å². The zero-order valence-electron chi connectivity index (χ0n) is 13.5. The number of hydrogen-bond donors (Lipinski definition) is 0. The molecule has 2 heterocycles. The van der Waals surface area contributed by atoms with Gasteiger partial charge in [-0.05, 0) is 58.6 Å². The highest BCUT2D eigenvalue weighted by Crippen LogP contribution is 2.41. The van der Waals surface area contributed by atoms with Crippen molar-refractivity contribution in [3.63, 3.8) is 0 Å². The number of halogens is 1. The first-order valence-corrected chi connectivity index (χ1v) is 10.5. The fourth-order valence-corrected chi connectivity index (χ4v) is 6.06. The van der Waals surface area contributed by atoms with E-state index in [0.717, 1.165) is 18.4 Å². The number of rotatable bonds is 3. The Morgan fingerprint density at radius 3 is 2.60 bits per heavy atom. The van der Waals surface area contributed by atoms with Crippen molar-refractivity contribution in [1.82, 2.24) is 4.31 Å². The van der Waals surface area contributed by atoms with E-state index in [4.69, 9.17) is 9.47 Å². The summed E-state index contributed by atoms with van der Waals surface area (Å²) < 4.78 is 39.7. The van der Waals surface area contributed by atoms with Crippen molar-refractivity contribution in [2.75, 3.05) is 19.8 Å². The van der Waals surface area contributed by atoms with Crippen LogP contribution in [0.1, 0.15) is 24.4 Å². The first kappa shape index (κ1) is 16.9. The third kappa shape index (κ3) is 3.05. The zero-order chi connectivity index (χ0) is 17.4. The standard InChI is InChI=1S/C18H18BrNO4S/c19-14-4-1-2-6-18(14)25(21,22)20-9-3-5-15(20)13-7-8-16-17(12-13)24-11-10-23-16/h1-2,4,6-8,12,15H,3,5,9-11H2/t15-/m1/s1. The molecule has 4 rings (SSSR count). The quantitative estimate of drug-likeness (QED) is 0.754. The van der Waals surface area contributed by atoms with Crippen LogP contribution in [-0.2, 0) is 10.0 Å². The van der Waals surface area contributed by atoms with E-state index in [9.17, 15) is 8.42 Å². The summed E-state index contributed by atoms with van der Waals surface area (Å²) in [6, 6.07) is 12.5. The van der Waals surface area contributed by atoms with Crippen molar-refractivity contribution in [3.05, 3.63) is 52.5 Å². The van der Waals surface area contributed by atoms with Gasteiger partial charge in [0.2, 0.25) is 10.0 Å². The second-order valence-corrected chi connectivity index (χ2v) is 8.82. The highest BCUT2D eigenvalue weighted by molar-refractivity contribution is 9.10. The highest BCUT2D eigenvalue weighted by atomic mass is 79.9. The molecule has 2 aromatic carbocycles. The van der Waals surface area contributed by atoms with E-state index >= 15 is 0 Å². The third-order valence-corrected chi connectivity index (χ3v) is 7.50. The first-order valence-electron chi connectivity index (χ1n) is 8.23. The molecule has 0 saturated carbocycles. The maximum atomic E-state index is 13.2. The average Bonchev–Trinajstić information content (AvgIpc) is 3.12. The smallest absolute Gasteiger partial charge is 0.244 e. The summed E-state index contributed by atoms with van der Waals surface area (Å²) in [5.41, 5.74) is 0.942. The molecule has 1 fully saturated rings. The maximum absolute atomic E-state index is 13.2. The van der Waals surface area contributed by atoms with Crippen LogP contribution in [0.15, 0.2) is 51.8 Å². The first-order chi connectivity index (χ1) is 12.1. The predicted molar refractivity (Wildman–Crippen MR) is 97.4 cm³/mol. The Kier molecular flexibility index (Phi) is 4.47. The molecular weight excluding hydrogens is 406 g/mol. The molecule has 0 bridgehead atoms. The molecule has 0 unspecified atom stereocenters. The van der Waals surface area contributed by atoms with Crippen molar-refractivity contribution in [2.45, 2.75) is 23.8 Å². The molecule has 2 aliphatic rings. The van der Waals surface area contributed by atoms with Gasteiger partial charge in [0.1, 0.15) is 13.2 Å². The van der Waals surface area contributed by atoms with Crippen molar-refractivity contribution in [1.29, 1.82) is 0 Å². The SMILES string of the molecule is O=S(=O)(c1ccccc1Br)N1CCC[C@@H]1c1ccc2c(c1)OCCO2. The fraction of sp³-hybridized carbons (Fsp3) is 0.333. The van der Waals surface area contributed by atoms with Crippen LogP contribution in [0, 0.1) is 0 Å². The van der Waals surface area contributed by atoms with Gasteiger partial charge in [0.05, 0.1) is 10.9 Å². The third-order valence-electron chi connectivity index (χ3n) is 4.58. The fourth-order valence-electron chi connectivity index (χ4n) is 3.41. The van der Waals surface area contributed by atoms with Crippen LogP contribution in [0.2, 0.25) is 0 Å². The molecular formula is C18H18BrNO4S. The van der Waals surface area contributed by atoms with Gasteiger partial charge in [-0.1, -0.05) is 18.2 Å². The summed E-state index contributed by atoms with van der Waals surface area (Å²) in [5.74, 6) is 1.40. The van der Waals surface area contributed by atoms with Crippen molar-refractivity contribution in [2.24, 2.45) is 0 Å². The van der Waals surface area contributed by atoms with Crippen LogP contribution < -0.4 is 9.47 Å². The predicted octanol–water partition coefficient (Wildman–Crippen LogP) is 3.75. The molecule has 1 atom stereocenters. The van der Waals surface area contributed by atoms with Crippen LogP contribution in [0.4, 0.5) is 0 Å². The summed E-state index contributed by atoms with van der Waals surface area (Å²) in [6.07, 6.45) is 1.63. The Bertz CT molecular complexity index is 900. The van der Waals surface area contributed by atoms with Gasteiger partial charge in [0.25, 0.3) is 0 Å². The highest BCUT2D eigenvalue weighted by Gasteiger charge is 2.37. The number of fused-ring (bicyclic) bond motifs is 1. The second-order valence-electron chi connectivity index (χ2n) is 6.11. The van der Waals surface area contributed by atoms with E-state index in [1.54, 1.807) is 22.5 Å². The van der Waals surface area contributed by atoms with Crippen molar-refractivity contribution in [3.8, 4) is 11.5 Å². The zero-order valence-corrected chi connectivity index (χ0v) is 15.9. The molecule has 0 spiro atoms. The van der Waals surface area contributed by atoms with E-state index in [0.29, 0.717) is 40.6 Å². The molecule has 0 amide bonds. The average molecular weight is 424 g/mol. The van der Waals surface area contributed by atoms with Gasteiger partial charge in [-0.2, -0.15) is 4.31 Å². The van der Waals surface area contributed by atoms with E-state index in [1.807, 2.05) is 24.3 Å². The van der Waals surface area contributed by atoms with Crippen LogP contribution in [0.5, 0.6) is 11.5 Å². The molecule has 0 aliphatic carbocycles. The molecule has 7 heteroatoms. The van der Waals surface area contributed by atoms with Crippen LogP contribution >= 0.6 is 15.9 Å². The summed E-state index contributed by atoms with van der Waals surface area (Å²) in [7, 11) is -3.57. The number of benzene rings is 2. The number of ether oxygens (including phenoxy) is 2. The summed E-state index contributed by atoms with van der Waals surface area (Å²) in [6.45, 7) is 1.57. The Morgan fingerprint density at radius 1 is 1.04 bits per heavy atom. The normalized spacial score (nSPS) is 20.6. The summed E-state index contributed by atoms with van der Waals surface area (Å²) in [5, 5.41) is 0. The van der Waals surface area contributed by atoms with Gasteiger partial charge in [-0.3, -0.25) is 0 Å². The number of sulfonamides is 1. The lowest BCUT2D eigenvalue weighted by molar-refractivity contribution is 0.171. The molecule has 1 saturated heterocycles. The molecule has 0 N–H and O–H groups in total. The Hall–Kier alpha value is -1.57. The van der Waals surface area contributed by atoms with Gasteiger partial charge >= 0.3 is 0 Å². The maximum Gasteiger partial charge on any atom is 0.244 e. The Labute approximate surface area is 155 Å². The second kappa shape index (κ2) is 6.63. The Balaban J connectivity index is 1.70. The lowest BCUT2D eigenvalue weighted by atomic mass is 10.0. The Morgan fingerprint density at radius 2 is 1.80 bits per heavy atom. The monoisotopic (exact) mass is 423 g/mol. The molecule has 2 aliphatic heterocycles. The summed E-state index contributed by atoms with van der Waals surface area (Å²) in [4.78, 5) is 0.305. The summed E-state index contributed by atoms with van der Waals surface area (Å²) >= 11 is 3.36. The van der Waals surface area contributed by atoms with E-state index in [2.05, 4.69) is 15.9 Å². The molecule has 5 nitrogen and oxygen atoms in total. The molecule has 0 radical (unpaired) electrons. The minimum absolute atomic E-state index is 0.187. The van der Waals surface area contributed by atoms with E-state index in [-0.39, 0.29) is 6.04 Å². The lowest BCUT2D eigenvalue weighted by Crippen LogP contribution is -2.31. The lowest BCUT2D eigenvalue weighted by Gasteiger charge is -2.26. The number of nitrogens with zero attached hydrogens (tertiary/aromatic N) is 1. The van der Waals surface area contributed by atoms with Crippen LogP contribution in [-0.4, -0.2) is 32.5 Å². The molecule has 0 aromatic heterocycles. The minimum atomic E-state index is -3.57. The van der Waals surface area contributed by atoms with Gasteiger partial charge in [-0.25, -0.2) is 8.42 Å². The van der Waals surface area contributed by atoms with Gasteiger partial charge in [0, 0.05) is 11.0 Å². The van der Waals surface area contributed by atoms with Gasteiger partial charge in [-0.15, -0.1) is 0 Å². The molecule has 25 heavy (non-hydrogen) atoms. The number of hydrogen-bond acceptors (Lipinski definition) is 4. The largest absolute Gasteiger partial charge is 0.486 e. The van der Waals surface area contributed by atoms with Gasteiger partial charge < -0.3 is 9.47 Å². The van der Waals surface area contributed by atoms with Crippen molar-refractivity contribution < 1.29 is 17.9 Å². The van der Waals surface area contributed by atoms with Crippen LogP contribution in [0.25, 0.3) is 0 Å². The van der Waals surface area contributed by atoms with E-state index < -0.39 is 10.0 Å². The molecule has 2 aromatic rings. The minimum Gasteiger partial charge on any atom is -0.486 e. The van der Waals surface area contributed by atoms with E-state index in [1.165, 1.54) is 0 Å². The molecule has 132 valence electrons. The van der Waals surface area contributed by atoms with Gasteiger partial charge in [0.15, 0.2) is 11.5 Å². The van der Waals surface area contributed by atoms with Crippen LogP contribution in [0.3, 0.4) is 0 Å².